The van der Waals surface area contributed by atoms with Crippen molar-refractivity contribution in [3.05, 3.63) is 69.7 Å². The molecule has 31 heavy (non-hydrogen) atoms. The highest BCUT2D eigenvalue weighted by Gasteiger charge is 2.33. The van der Waals surface area contributed by atoms with Crippen molar-refractivity contribution in [2.24, 2.45) is 5.92 Å². The number of sulfonamides is 1. The Balaban J connectivity index is 1.48. The van der Waals surface area contributed by atoms with Gasteiger partial charge in [0.15, 0.2) is 0 Å². The van der Waals surface area contributed by atoms with Crippen molar-refractivity contribution in [3.63, 3.8) is 0 Å². The molecule has 2 aromatic carbocycles. The van der Waals surface area contributed by atoms with Gasteiger partial charge >= 0.3 is 0 Å². The van der Waals surface area contributed by atoms with Crippen LogP contribution in [0, 0.1) is 5.92 Å². The number of hydrogen-bond donors (Lipinski definition) is 1. The van der Waals surface area contributed by atoms with Gasteiger partial charge in [0.2, 0.25) is 15.9 Å². The van der Waals surface area contributed by atoms with Crippen LogP contribution in [0.1, 0.15) is 24.0 Å². The Morgan fingerprint density at radius 3 is 2.52 bits per heavy atom. The first-order valence-electron chi connectivity index (χ1n) is 10.2. The van der Waals surface area contributed by atoms with E-state index in [2.05, 4.69) is 17.4 Å². The lowest BCUT2D eigenvalue weighted by Gasteiger charge is -2.31. The fourth-order valence-corrected chi connectivity index (χ4v) is 6.69. The standard InChI is InChI=1S/C22H26Cl2N2O3S2/c23-20-9-4-10-21(24)19(20)16-31(28,29)26-12-5-8-18(14-26)22(27)25-11-13-30-15-17-6-2-1-3-7-17/h1-4,6-7,9-10,18H,5,8,11-16H2,(H,25,27)/t18-/m1/s1. The molecule has 3 rings (SSSR count). The Kier molecular flexibility index (Phi) is 9.10. The topological polar surface area (TPSA) is 66.5 Å². The number of amides is 1. The summed E-state index contributed by atoms with van der Waals surface area (Å²) >= 11 is 14.0. The van der Waals surface area contributed by atoms with Crippen molar-refractivity contribution in [3.8, 4) is 0 Å². The first kappa shape index (κ1) is 24.4. The number of halogens is 2. The van der Waals surface area contributed by atoms with Gasteiger partial charge in [-0.15, -0.1) is 0 Å². The van der Waals surface area contributed by atoms with Gasteiger partial charge in [0.1, 0.15) is 0 Å². The van der Waals surface area contributed by atoms with Gasteiger partial charge in [0.05, 0.1) is 11.7 Å². The summed E-state index contributed by atoms with van der Waals surface area (Å²) in [4.78, 5) is 12.6. The molecule has 2 aromatic rings. The van der Waals surface area contributed by atoms with Crippen LogP contribution in [0.5, 0.6) is 0 Å². The number of carbonyl (C=O) groups is 1. The molecule has 0 aliphatic carbocycles. The van der Waals surface area contributed by atoms with Crippen molar-refractivity contribution in [2.75, 3.05) is 25.4 Å². The van der Waals surface area contributed by atoms with Crippen LogP contribution in [-0.2, 0) is 26.3 Å². The minimum atomic E-state index is -3.63. The fraction of sp³-hybridized carbons (Fsp3) is 0.409. The van der Waals surface area contributed by atoms with Crippen molar-refractivity contribution in [1.29, 1.82) is 0 Å². The highest BCUT2D eigenvalue weighted by atomic mass is 35.5. The molecule has 0 radical (unpaired) electrons. The molecule has 1 saturated heterocycles. The predicted molar refractivity (Wildman–Crippen MR) is 129 cm³/mol. The number of carbonyl (C=O) groups excluding carboxylic acids is 1. The number of piperidine rings is 1. The molecular formula is C22H26Cl2N2O3S2. The second-order valence-corrected chi connectivity index (χ2v) is 11.4. The maximum atomic E-state index is 12.9. The van der Waals surface area contributed by atoms with Gasteiger partial charge in [-0.2, -0.15) is 11.8 Å². The maximum absolute atomic E-state index is 12.9. The Morgan fingerprint density at radius 2 is 1.81 bits per heavy atom. The summed E-state index contributed by atoms with van der Waals surface area (Å²) < 4.78 is 27.3. The zero-order valence-corrected chi connectivity index (χ0v) is 20.2. The molecule has 1 atom stereocenters. The minimum Gasteiger partial charge on any atom is -0.355 e. The number of rotatable bonds is 9. The van der Waals surface area contributed by atoms with E-state index in [9.17, 15) is 13.2 Å². The van der Waals surface area contributed by atoms with E-state index in [-0.39, 0.29) is 24.1 Å². The number of thioether (sulfide) groups is 1. The van der Waals surface area contributed by atoms with Crippen LogP contribution >= 0.6 is 35.0 Å². The van der Waals surface area contributed by atoms with E-state index >= 15 is 0 Å². The monoisotopic (exact) mass is 500 g/mol. The van der Waals surface area contributed by atoms with Gasteiger partial charge in [-0.1, -0.05) is 59.6 Å². The molecule has 9 heteroatoms. The quantitative estimate of drug-likeness (QED) is 0.511. The third-order valence-corrected chi connectivity index (χ3v) is 8.70. The molecule has 0 saturated carbocycles. The van der Waals surface area contributed by atoms with E-state index in [1.165, 1.54) is 9.87 Å². The average Bonchev–Trinajstić information content (AvgIpc) is 2.77. The van der Waals surface area contributed by atoms with E-state index in [4.69, 9.17) is 23.2 Å². The number of nitrogens with zero attached hydrogens (tertiary/aromatic N) is 1. The summed E-state index contributed by atoms with van der Waals surface area (Å²) in [6.45, 7) is 1.16. The Bertz CT molecular complexity index is 967. The molecule has 0 unspecified atom stereocenters. The van der Waals surface area contributed by atoms with Crippen molar-refractivity contribution in [2.45, 2.75) is 24.3 Å². The Hall–Kier alpha value is -1.25. The smallest absolute Gasteiger partial charge is 0.224 e. The molecule has 0 aromatic heterocycles. The summed E-state index contributed by atoms with van der Waals surface area (Å²) in [5, 5.41) is 3.61. The second-order valence-electron chi connectivity index (χ2n) is 7.48. The fourth-order valence-electron chi connectivity index (χ4n) is 3.51. The molecule has 0 bridgehead atoms. The van der Waals surface area contributed by atoms with Gasteiger partial charge < -0.3 is 5.32 Å². The molecular weight excluding hydrogens is 475 g/mol. The maximum Gasteiger partial charge on any atom is 0.224 e. The first-order valence-corrected chi connectivity index (χ1v) is 13.7. The molecule has 1 fully saturated rings. The lowest BCUT2D eigenvalue weighted by atomic mass is 9.99. The molecule has 1 aliphatic rings. The highest BCUT2D eigenvalue weighted by Crippen LogP contribution is 2.29. The first-order chi connectivity index (χ1) is 14.9. The van der Waals surface area contributed by atoms with Crippen LogP contribution < -0.4 is 5.32 Å². The normalized spacial score (nSPS) is 17.4. The van der Waals surface area contributed by atoms with E-state index in [1.54, 1.807) is 30.0 Å². The van der Waals surface area contributed by atoms with Crippen LogP contribution in [0.2, 0.25) is 10.0 Å². The van der Waals surface area contributed by atoms with Crippen LogP contribution in [-0.4, -0.2) is 44.0 Å². The van der Waals surface area contributed by atoms with Gasteiger partial charge in [0, 0.05) is 46.7 Å². The van der Waals surface area contributed by atoms with Crippen molar-refractivity contribution in [1.82, 2.24) is 9.62 Å². The zero-order valence-electron chi connectivity index (χ0n) is 17.1. The molecule has 1 heterocycles. The zero-order chi connectivity index (χ0) is 22.3. The third-order valence-electron chi connectivity index (χ3n) is 5.19. The van der Waals surface area contributed by atoms with Crippen LogP contribution in [0.15, 0.2) is 48.5 Å². The summed E-state index contributed by atoms with van der Waals surface area (Å²) in [7, 11) is -3.63. The van der Waals surface area contributed by atoms with E-state index in [0.717, 1.165) is 11.5 Å². The third kappa shape index (κ3) is 7.12. The predicted octanol–water partition coefficient (Wildman–Crippen LogP) is 4.58. The molecule has 1 N–H and O–H groups in total. The number of nitrogens with one attached hydrogen (secondary N) is 1. The second kappa shape index (κ2) is 11.6. The van der Waals surface area contributed by atoms with Crippen LogP contribution in [0.4, 0.5) is 0 Å². The van der Waals surface area contributed by atoms with Crippen LogP contribution in [0.3, 0.4) is 0 Å². The minimum absolute atomic E-state index is 0.0870. The Labute approximate surface area is 198 Å². The number of hydrogen-bond acceptors (Lipinski definition) is 4. The van der Waals surface area contributed by atoms with Crippen molar-refractivity contribution >= 4 is 50.9 Å². The van der Waals surface area contributed by atoms with E-state index < -0.39 is 10.0 Å². The highest BCUT2D eigenvalue weighted by molar-refractivity contribution is 7.98. The molecule has 1 amide bonds. The summed E-state index contributed by atoms with van der Waals surface area (Å²) in [5.41, 5.74) is 1.65. The van der Waals surface area contributed by atoms with Crippen LogP contribution in [0.25, 0.3) is 0 Å². The summed E-state index contributed by atoms with van der Waals surface area (Å²) in [6.07, 6.45) is 1.33. The van der Waals surface area contributed by atoms with Crippen molar-refractivity contribution < 1.29 is 13.2 Å². The SMILES string of the molecule is O=C(NCCSCc1ccccc1)[C@@H]1CCCN(S(=O)(=O)Cc2c(Cl)cccc2Cl)C1. The lowest BCUT2D eigenvalue weighted by Crippen LogP contribution is -2.46. The summed E-state index contributed by atoms with van der Waals surface area (Å²) in [6, 6.07) is 15.1. The largest absolute Gasteiger partial charge is 0.355 e. The lowest BCUT2D eigenvalue weighted by molar-refractivity contribution is -0.125. The van der Waals surface area contributed by atoms with Gasteiger partial charge in [-0.05, 0) is 30.5 Å². The molecule has 5 nitrogen and oxygen atoms in total. The van der Waals surface area contributed by atoms with Gasteiger partial charge in [-0.3, -0.25) is 4.79 Å². The van der Waals surface area contributed by atoms with Gasteiger partial charge in [0.25, 0.3) is 0 Å². The van der Waals surface area contributed by atoms with E-state index in [1.807, 2.05) is 18.2 Å². The number of benzene rings is 2. The van der Waals surface area contributed by atoms with E-state index in [0.29, 0.717) is 41.5 Å². The Morgan fingerprint density at radius 1 is 1.10 bits per heavy atom. The molecule has 168 valence electrons. The van der Waals surface area contributed by atoms with Gasteiger partial charge in [-0.25, -0.2) is 12.7 Å². The molecule has 1 aliphatic heterocycles. The molecule has 0 spiro atoms. The summed E-state index contributed by atoms with van der Waals surface area (Å²) in [5.74, 6) is 1.01. The average molecular weight is 502 g/mol.